The number of carbonyl (C=O) groups is 4. The predicted octanol–water partition coefficient (Wildman–Crippen LogP) is -4.73. The van der Waals surface area contributed by atoms with Gasteiger partial charge in [0.2, 0.25) is 17.7 Å². The Morgan fingerprint density at radius 1 is 0.833 bits per heavy atom. The average Bonchev–Trinajstić information content (AvgIpc) is 2.79. The van der Waals surface area contributed by atoms with Gasteiger partial charge in [0.25, 0.3) is 0 Å². The van der Waals surface area contributed by atoms with Gasteiger partial charge in [0.1, 0.15) is 12.1 Å². The molecule has 0 heterocycles. The number of nitrogens with one attached hydrogen (secondary N) is 3. The molecule has 0 aliphatic heterocycles. The molecular formula is C19H38N10O6S. The number of amides is 3. The zero-order chi connectivity index (χ0) is 27.8. The molecular weight excluding hydrogens is 496 g/mol. The molecule has 0 aromatic heterocycles. The molecule has 0 aliphatic carbocycles. The van der Waals surface area contributed by atoms with Crippen molar-refractivity contribution in [2.75, 3.05) is 18.8 Å². The standard InChI is InChI=1S/C19H38N10O6S/c1-9(30)13(17(34)35)29-16(33)12(5-3-7-26-19(23)24)28-15(32)11(4-2-6-25-18(21)22)27-14(31)10(20)8-36/h9-13,30,36H,2-8,20H2,1H3,(H,27,31)(H,28,32)(H,29,33)(H,34,35)(H4,21,22,25)(H4,23,24,26). The molecule has 15 N–H and O–H groups in total. The Bertz CT molecular complexity index is 802. The molecule has 0 rings (SSSR count). The van der Waals surface area contributed by atoms with Crippen molar-refractivity contribution in [3.8, 4) is 0 Å². The van der Waals surface area contributed by atoms with Crippen molar-refractivity contribution in [2.24, 2.45) is 38.7 Å². The van der Waals surface area contributed by atoms with Crippen LogP contribution >= 0.6 is 12.6 Å². The fraction of sp³-hybridized carbons (Fsp3) is 0.684. The molecule has 3 amide bonds. The SMILES string of the molecule is CC(O)C(NC(=O)C(CCCN=C(N)N)NC(=O)C(CCCN=C(N)N)NC(=O)C(N)CS)C(=O)O. The molecule has 0 fully saturated rings. The number of nitrogens with two attached hydrogens (primary N) is 5. The Hall–Kier alpha value is -3.31. The number of hydrogen-bond acceptors (Lipinski definition) is 9. The maximum absolute atomic E-state index is 13.0. The molecule has 0 radical (unpaired) electrons. The fourth-order valence-electron chi connectivity index (χ4n) is 2.82. The number of aliphatic hydroxyl groups is 1. The summed E-state index contributed by atoms with van der Waals surface area (Å²) in [5.41, 5.74) is 26.8. The Morgan fingerprint density at radius 3 is 1.61 bits per heavy atom. The van der Waals surface area contributed by atoms with Crippen LogP contribution in [0.5, 0.6) is 0 Å². The van der Waals surface area contributed by atoms with Crippen molar-refractivity contribution < 1.29 is 29.4 Å². The topological polar surface area (TPSA) is 300 Å². The number of carbonyl (C=O) groups excluding carboxylic acids is 3. The lowest BCUT2D eigenvalue weighted by Crippen LogP contribution is -2.58. The molecule has 0 saturated heterocycles. The molecule has 0 spiro atoms. The van der Waals surface area contributed by atoms with E-state index in [4.69, 9.17) is 28.7 Å². The molecule has 5 unspecified atom stereocenters. The van der Waals surface area contributed by atoms with Gasteiger partial charge in [-0.15, -0.1) is 0 Å². The van der Waals surface area contributed by atoms with Crippen LogP contribution in [0.25, 0.3) is 0 Å². The van der Waals surface area contributed by atoms with Crippen LogP contribution in [0.4, 0.5) is 0 Å². The minimum atomic E-state index is -1.61. The van der Waals surface area contributed by atoms with E-state index < -0.39 is 54.0 Å². The third-order valence-corrected chi connectivity index (χ3v) is 5.13. The van der Waals surface area contributed by atoms with E-state index in [1.807, 2.05) is 0 Å². The van der Waals surface area contributed by atoms with E-state index in [0.717, 1.165) is 0 Å². The van der Waals surface area contributed by atoms with Crippen LogP contribution in [0.2, 0.25) is 0 Å². The summed E-state index contributed by atoms with van der Waals surface area (Å²) in [6.45, 7) is 1.51. The van der Waals surface area contributed by atoms with E-state index in [1.165, 1.54) is 6.92 Å². The molecule has 0 bridgehead atoms. The summed E-state index contributed by atoms with van der Waals surface area (Å²) in [6.07, 6.45) is -0.743. The van der Waals surface area contributed by atoms with E-state index in [-0.39, 0.29) is 50.0 Å². The highest BCUT2D eigenvalue weighted by Gasteiger charge is 2.31. The van der Waals surface area contributed by atoms with Gasteiger partial charge in [0.15, 0.2) is 18.0 Å². The lowest BCUT2D eigenvalue weighted by atomic mass is 10.1. The van der Waals surface area contributed by atoms with Gasteiger partial charge in [-0.25, -0.2) is 4.79 Å². The highest BCUT2D eigenvalue weighted by molar-refractivity contribution is 7.80. The minimum absolute atomic E-state index is 0.0192. The molecule has 0 aliphatic rings. The number of hydrogen-bond donors (Lipinski definition) is 11. The number of aliphatic hydroxyl groups excluding tert-OH is 1. The maximum atomic E-state index is 13.0. The summed E-state index contributed by atoms with van der Waals surface area (Å²) in [4.78, 5) is 57.1. The molecule has 206 valence electrons. The van der Waals surface area contributed by atoms with Crippen LogP contribution in [-0.2, 0) is 19.2 Å². The van der Waals surface area contributed by atoms with Crippen molar-refractivity contribution in [1.29, 1.82) is 0 Å². The minimum Gasteiger partial charge on any atom is -0.480 e. The molecule has 0 aromatic rings. The Kier molecular flexibility index (Phi) is 15.6. The van der Waals surface area contributed by atoms with Gasteiger partial charge < -0.3 is 54.8 Å². The molecule has 5 atom stereocenters. The summed E-state index contributed by atoms with van der Waals surface area (Å²) in [5.74, 6) is -3.97. The average molecular weight is 535 g/mol. The molecule has 17 heteroatoms. The number of rotatable bonds is 17. The first-order chi connectivity index (χ1) is 16.8. The van der Waals surface area contributed by atoms with Crippen LogP contribution in [0.15, 0.2) is 9.98 Å². The molecule has 0 saturated carbocycles. The van der Waals surface area contributed by atoms with Crippen LogP contribution < -0.4 is 44.6 Å². The lowest BCUT2D eigenvalue weighted by Gasteiger charge is -2.25. The van der Waals surface area contributed by atoms with Crippen molar-refractivity contribution in [3.05, 3.63) is 0 Å². The molecule has 0 aromatic carbocycles. The maximum Gasteiger partial charge on any atom is 0.328 e. The second kappa shape index (κ2) is 17.2. The molecule has 36 heavy (non-hydrogen) atoms. The van der Waals surface area contributed by atoms with E-state index in [2.05, 4.69) is 38.6 Å². The van der Waals surface area contributed by atoms with Gasteiger partial charge in [-0.3, -0.25) is 24.4 Å². The fourth-order valence-corrected chi connectivity index (χ4v) is 2.99. The predicted molar refractivity (Wildman–Crippen MR) is 137 cm³/mol. The summed E-state index contributed by atoms with van der Waals surface area (Å²) in [6, 6.07) is -4.94. The number of guanidine groups is 2. The summed E-state index contributed by atoms with van der Waals surface area (Å²) in [7, 11) is 0. The van der Waals surface area contributed by atoms with Crippen molar-refractivity contribution >= 4 is 48.2 Å². The van der Waals surface area contributed by atoms with Gasteiger partial charge >= 0.3 is 5.97 Å². The quantitative estimate of drug-likeness (QED) is 0.0364. The summed E-state index contributed by atoms with van der Waals surface area (Å²) >= 11 is 3.96. The highest BCUT2D eigenvalue weighted by Crippen LogP contribution is 2.05. The zero-order valence-corrected chi connectivity index (χ0v) is 21.0. The number of nitrogens with zero attached hydrogens (tertiary/aromatic N) is 2. The van der Waals surface area contributed by atoms with E-state index >= 15 is 0 Å². The Labute approximate surface area is 214 Å². The lowest BCUT2D eigenvalue weighted by molar-refractivity contribution is -0.145. The number of carboxylic acid groups (broad SMARTS) is 1. The first-order valence-corrected chi connectivity index (χ1v) is 11.7. The van der Waals surface area contributed by atoms with Gasteiger partial charge in [-0.1, -0.05) is 0 Å². The Balaban J connectivity index is 5.65. The van der Waals surface area contributed by atoms with E-state index in [1.54, 1.807) is 0 Å². The number of thiol groups is 1. The van der Waals surface area contributed by atoms with E-state index in [0.29, 0.717) is 6.42 Å². The second-order valence-electron chi connectivity index (χ2n) is 7.87. The number of carboxylic acids is 1. The molecule has 16 nitrogen and oxygen atoms in total. The summed E-state index contributed by atoms with van der Waals surface area (Å²) < 4.78 is 0. The van der Waals surface area contributed by atoms with Gasteiger partial charge in [0, 0.05) is 18.8 Å². The van der Waals surface area contributed by atoms with Crippen LogP contribution in [-0.4, -0.2) is 94.9 Å². The third kappa shape index (κ3) is 13.5. The third-order valence-electron chi connectivity index (χ3n) is 4.74. The monoisotopic (exact) mass is 534 g/mol. The first kappa shape index (κ1) is 32.7. The second-order valence-corrected chi connectivity index (χ2v) is 8.24. The van der Waals surface area contributed by atoms with E-state index in [9.17, 15) is 29.4 Å². The van der Waals surface area contributed by atoms with Crippen molar-refractivity contribution in [3.63, 3.8) is 0 Å². The van der Waals surface area contributed by atoms with Crippen LogP contribution in [0.1, 0.15) is 32.6 Å². The van der Waals surface area contributed by atoms with Crippen molar-refractivity contribution in [1.82, 2.24) is 16.0 Å². The normalized spacial score (nSPS) is 14.8. The first-order valence-electron chi connectivity index (χ1n) is 11.1. The zero-order valence-electron chi connectivity index (χ0n) is 20.1. The Morgan fingerprint density at radius 2 is 1.25 bits per heavy atom. The van der Waals surface area contributed by atoms with Crippen LogP contribution in [0.3, 0.4) is 0 Å². The van der Waals surface area contributed by atoms with Crippen LogP contribution in [0, 0.1) is 0 Å². The highest BCUT2D eigenvalue weighted by atomic mass is 32.1. The number of aliphatic carboxylic acids is 1. The summed E-state index contributed by atoms with van der Waals surface area (Å²) in [5, 5.41) is 26.1. The van der Waals surface area contributed by atoms with Crippen molar-refractivity contribution in [2.45, 2.75) is 62.9 Å². The number of aliphatic imine (C=N–C) groups is 2. The van der Waals surface area contributed by atoms with Gasteiger partial charge in [0.05, 0.1) is 12.1 Å². The smallest absolute Gasteiger partial charge is 0.328 e. The van der Waals surface area contributed by atoms with Gasteiger partial charge in [-0.05, 0) is 32.6 Å². The largest absolute Gasteiger partial charge is 0.480 e. The van der Waals surface area contributed by atoms with Gasteiger partial charge in [-0.2, -0.15) is 12.6 Å².